The number of hydrogen-bond acceptors (Lipinski definition) is 2. The van der Waals surface area contributed by atoms with Crippen molar-refractivity contribution < 1.29 is 8.42 Å². The van der Waals surface area contributed by atoms with Crippen molar-refractivity contribution in [2.75, 3.05) is 10.8 Å². The zero-order valence-corrected chi connectivity index (χ0v) is 11.5. The van der Waals surface area contributed by atoms with Gasteiger partial charge in [-0.25, -0.2) is 8.42 Å². The van der Waals surface area contributed by atoms with E-state index in [9.17, 15) is 8.42 Å². The van der Waals surface area contributed by atoms with Crippen LogP contribution in [0.2, 0.25) is 0 Å². The highest BCUT2D eigenvalue weighted by Crippen LogP contribution is 2.32. The van der Waals surface area contributed by atoms with Crippen LogP contribution in [0.4, 0.5) is 5.69 Å². The number of aryl methyl sites for hydroxylation is 1. The Morgan fingerprint density at radius 1 is 1.05 bits per heavy atom. The Hall–Kier alpha value is -1.81. The van der Waals surface area contributed by atoms with Gasteiger partial charge in [-0.2, -0.15) is 0 Å². The maximum absolute atomic E-state index is 12.7. The van der Waals surface area contributed by atoms with Gasteiger partial charge in [-0.3, -0.25) is 4.31 Å². The fourth-order valence-corrected chi connectivity index (χ4v) is 4.07. The van der Waals surface area contributed by atoms with E-state index < -0.39 is 10.0 Å². The molecule has 2 aromatic carbocycles. The van der Waals surface area contributed by atoms with Crippen LogP contribution < -0.4 is 4.31 Å². The molecule has 0 bridgehead atoms. The lowest BCUT2D eigenvalue weighted by atomic mass is 10.2. The minimum Gasteiger partial charge on any atom is -0.266 e. The van der Waals surface area contributed by atoms with Gasteiger partial charge in [0.1, 0.15) is 0 Å². The Bertz CT molecular complexity index is 722. The molecule has 0 aliphatic carbocycles. The normalized spacial score (nSPS) is 14.5. The summed E-state index contributed by atoms with van der Waals surface area (Å²) in [5, 5.41) is 0. The Morgan fingerprint density at radius 3 is 2.63 bits per heavy atom. The van der Waals surface area contributed by atoms with Gasteiger partial charge in [0.25, 0.3) is 10.0 Å². The van der Waals surface area contributed by atoms with Crippen molar-refractivity contribution in [3.8, 4) is 0 Å². The molecule has 0 aromatic heterocycles. The number of hydrogen-bond donors (Lipinski definition) is 0. The molecule has 1 aliphatic rings. The molecule has 3 nitrogen and oxygen atoms in total. The molecule has 0 spiro atoms. The van der Waals surface area contributed by atoms with E-state index in [0.29, 0.717) is 11.4 Å². The maximum Gasteiger partial charge on any atom is 0.264 e. The zero-order valence-electron chi connectivity index (χ0n) is 10.7. The molecule has 1 aliphatic heterocycles. The van der Waals surface area contributed by atoms with E-state index in [2.05, 4.69) is 0 Å². The summed E-state index contributed by atoms with van der Waals surface area (Å²) in [6, 6.07) is 14.7. The topological polar surface area (TPSA) is 37.4 Å². The summed E-state index contributed by atoms with van der Waals surface area (Å²) in [5.41, 5.74) is 2.86. The molecule has 0 N–H and O–H groups in total. The first-order valence-corrected chi connectivity index (χ1v) is 7.70. The van der Waals surface area contributed by atoms with Crippen LogP contribution in [0.5, 0.6) is 0 Å². The van der Waals surface area contributed by atoms with E-state index in [0.717, 1.165) is 23.2 Å². The third-order valence-electron chi connectivity index (χ3n) is 3.42. The predicted molar refractivity (Wildman–Crippen MR) is 75.9 cm³/mol. The van der Waals surface area contributed by atoms with E-state index >= 15 is 0 Å². The number of nitrogens with zero attached hydrogens (tertiary/aromatic N) is 1. The van der Waals surface area contributed by atoms with Crippen LogP contribution in [0.3, 0.4) is 0 Å². The molecule has 3 rings (SSSR count). The monoisotopic (exact) mass is 273 g/mol. The Labute approximate surface area is 113 Å². The average molecular weight is 273 g/mol. The highest BCUT2D eigenvalue weighted by atomic mass is 32.2. The Morgan fingerprint density at radius 2 is 1.84 bits per heavy atom. The van der Waals surface area contributed by atoms with Crippen LogP contribution in [0.15, 0.2) is 53.4 Å². The summed E-state index contributed by atoms with van der Waals surface area (Å²) in [6.45, 7) is 2.42. The first-order valence-electron chi connectivity index (χ1n) is 6.26. The van der Waals surface area contributed by atoms with Crippen molar-refractivity contribution in [3.05, 3.63) is 59.7 Å². The summed E-state index contributed by atoms with van der Waals surface area (Å²) in [7, 11) is -3.44. The molecule has 1 heterocycles. The van der Waals surface area contributed by atoms with Crippen molar-refractivity contribution in [1.82, 2.24) is 0 Å². The number of fused-ring (bicyclic) bond motifs is 1. The fraction of sp³-hybridized carbons (Fsp3) is 0.200. The lowest BCUT2D eigenvalue weighted by molar-refractivity contribution is 0.592. The summed E-state index contributed by atoms with van der Waals surface area (Å²) in [5.74, 6) is 0. The molecule has 0 unspecified atom stereocenters. The second-order valence-electron chi connectivity index (χ2n) is 4.77. The molecular weight excluding hydrogens is 258 g/mol. The number of sulfonamides is 1. The molecule has 0 radical (unpaired) electrons. The van der Waals surface area contributed by atoms with Crippen LogP contribution in [0.1, 0.15) is 11.1 Å². The molecule has 2 aromatic rings. The van der Waals surface area contributed by atoms with Crippen LogP contribution >= 0.6 is 0 Å². The van der Waals surface area contributed by atoms with Gasteiger partial charge in [-0.05, 0) is 42.7 Å². The highest BCUT2D eigenvalue weighted by Gasteiger charge is 2.30. The second-order valence-corrected chi connectivity index (χ2v) is 6.63. The van der Waals surface area contributed by atoms with Gasteiger partial charge >= 0.3 is 0 Å². The van der Waals surface area contributed by atoms with Crippen molar-refractivity contribution in [2.45, 2.75) is 18.2 Å². The number of benzene rings is 2. The number of anilines is 1. The quantitative estimate of drug-likeness (QED) is 0.843. The zero-order chi connectivity index (χ0) is 13.5. The van der Waals surface area contributed by atoms with E-state index in [1.165, 1.54) is 4.31 Å². The van der Waals surface area contributed by atoms with Crippen LogP contribution in [-0.2, 0) is 16.4 Å². The first-order chi connectivity index (χ1) is 9.09. The Balaban J connectivity index is 2.08. The maximum atomic E-state index is 12.7. The van der Waals surface area contributed by atoms with Crippen molar-refractivity contribution in [3.63, 3.8) is 0 Å². The molecule has 19 heavy (non-hydrogen) atoms. The highest BCUT2D eigenvalue weighted by molar-refractivity contribution is 7.92. The van der Waals surface area contributed by atoms with E-state index in [1.807, 2.05) is 37.3 Å². The minimum atomic E-state index is -3.44. The largest absolute Gasteiger partial charge is 0.266 e. The standard InChI is InChI=1S/C15H15NO2S/c1-12-5-4-7-14(11-12)19(17,18)16-10-9-13-6-2-3-8-15(13)16/h2-8,11H,9-10H2,1H3. The summed E-state index contributed by atoms with van der Waals surface area (Å²) < 4.78 is 26.9. The SMILES string of the molecule is Cc1cccc(S(=O)(=O)N2CCc3ccccc32)c1. The smallest absolute Gasteiger partial charge is 0.264 e. The van der Waals surface area contributed by atoms with E-state index in [1.54, 1.807) is 18.2 Å². The number of para-hydroxylation sites is 1. The van der Waals surface area contributed by atoms with Gasteiger partial charge < -0.3 is 0 Å². The molecule has 0 saturated carbocycles. The molecule has 0 atom stereocenters. The molecule has 4 heteroatoms. The van der Waals surface area contributed by atoms with Crippen molar-refractivity contribution >= 4 is 15.7 Å². The van der Waals surface area contributed by atoms with Crippen LogP contribution in [-0.4, -0.2) is 15.0 Å². The first kappa shape index (κ1) is 12.2. The molecule has 0 fully saturated rings. The van der Waals surface area contributed by atoms with E-state index in [-0.39, 0.29) is 0 Å². The van der Waals surface area contributed by atoms with Crippen molar-refractivity contribution in [2.24, 2.45) is 0 Å². The molecular formula is C15H15NO2S. The van der Waals surface area contributed by atoms with Gasteiger partial charge in [-0.1, -0.05) is 30.3 Å². The fourth-order valence-electron chi connectivity index (χ4n) is 2.46. The summed E-state index contributed by atoms with van der Waals surface area (Å²) in [6.07, 6.45) is 0.779. The molecule has 98 valence electrons. The third kappa shape index (κ3) is 2.02. The summed E-state index contributed by atoms with van der Waals surface area (Å²) in [4.78, 5) is 0.365. The predicted octanol–water partition coefficient (Wildman–Crippen LogP) is 2.75. The lowest BCUT2D eigenvalue weighted by Gasteiger charge is -2.19. The summed E-state index contributed by atoms with van der Waals surface area (Å²) >= 11 is 0. The third-order valence-corrected chi connectivity index (χ3v) is 5.23. The molecule has 0 amide bonds. The van der Waals surface area contributed by atoms with Crippen molar-refractivity contribution in [1.29, 1.82) is 0 Å². The Kier molecular flexibility index (Phi) is 2.82. The van der Waals surface area contributed by atoms with E-state index in [4.69, 9.17) is 0 Å². The van der Waals surface area contributed by atoms with Gasteiger partial charge in [0.05, 0.1) is 10.6 Å². The lowest BCUT2D eigenvalue weighted by Crippen LogP contribution is -2.29. The minimum absolute atomic E-state index is 0.365. The van der Waals surface area contributed by atoms with Crippen LogP contribution in [0.25, 0.3) is 0 Å². The number of rotatable bonds is 2. The molecule has 0 saturated heterocycles. The van der Waals surface area contributed by atoms with Gasteiger partial charge in [-0.15, -0.1) is 0 Å². The second kappa shape index (κ2) is 4.38. The average Bonchev–Trinajstić information content (AvgIpc) is 2.83. The van der Waals surface area contributed by atoms with Crippen LogP contribution in [0, 0.1) is 6.92 Å². The van der Waals surface area contributed by atoms with Gasteiger partial charge in [0, 0.05) is 6.54 Å². The van der Waals surface area contributed by atoms with Gasteiger partial charge in [0.2, 0.25) is 0 Å². The van der Waals surface area contributed by atoms with Gasteiger partial charge in [0.15, 0.2) is 0 Å².